The number of aliphatic imine (C=N–C) groups is 2. The van der Waals surface area contributed by atoms with Crippen LogP contribution in [0.5, 0.6) is 0 Å². The van der Waals surface area contributed by atoms with Gasteiger partial charge in [0.05, 0.1) is 35.0 Å². The van der Waals surface area contributed by atoms with Gasteiger partial charge < -0.3 is 9.47 Å². The largest absolute Gasteiger partial charge is 0.480 e. The van der Waals surface area contributed by atoms with Crippen LogP contribution in [0.15, 0.2) is 92.4 Å². The summed E-state index contributed by atoms with van der Waals surface area (Å²) < 4.78 is 15.4. The molecule has 10 heteroatoms. The van der Waals surface area contributed by atoms with Gasteiger partial charge in [0.1, 0.15) is 35.8 Å². The molecular weight excluding hydrogens is 580 g/mol. The van der Waals surface area contributed by atoms with Crippen molar-refractivity contribution in [3.63, 3.8) is 0 Å². The third-order valence-corrected chi connectivity index (χ3v) is 8.85. The first-order chi connectivity index (χ1) is 22.4. The van der Waals surface area contributed by atoms with Crippen molar-refractivity contribution in [3.8, 4) is 0 Å². The molecular formula is C36H36N6O4. The average molecular weight is 617 g/mol. The highest BCUT2D eigenvalue weighted by Crippen LogP contribution is 2.34. The van der Waals surface area contributed by atoms with E-state index in [4.69, 9.17) is 29.4 Å². The molecule has 0 unspecified atom stereocenters. The minimum Gasteiger partial charge on any atom is -0.480 e. The highest BCUT2D eigenvalue weighted by molar-refractivity contribution is 5.84. The molecule has 4 atom stereocenters. The molecule has 0 fully saturated rings. The molecule has 0 radical (unpaired) electrons. The Balaban J connectivity index is 1.31. The smallest absolute Gasteiger partial charge is 0.262 e. The maximum atomic E-state index is 13.8. The van der Waals surface area contributed by atoms with E-state index in [1.807, 2.05) is 88.4 Å². The number of para-hydroxylation sites is 2. The lowest BCUT2D eigenvalue weighted by atomic mass is 9.93. The summed E-state index contributed by atoms with van der Waals surface area (Å²) in [5.41, 5.74) is 3.16. The lowest BCUT2D eigenvalue weighted by Gasteiger charge is -2.31. The van der Waals surface area contributed by atoms with E-state index in [1.165, 1.54) is 0 Å². The number of ether oxygens (including phenoxy) is 2. The van der Waals surface area contributed by atoms with Crippen LogP contribution in [0.1, 0.15) is 74.6 Å². The molecule has 2 aromatic heterocycles. The van der Waals surface area contributed by atoms with Gasteiger partial charge in [-0.2, -0.15) is 0 Å². The van der Waals surface area contributed by atoms with E-state index in [2.05, 4.69) is 12.1 Å². The number of fused-ring (bicyclic) bond motifs is 4. The van der Waals surface area contributed by atoms with Crippen LogP contribution < -0.4 is 11.1 Å². The van der Waals surface area contributed by atoms with Crippen LogP contribution in [0.4, 0.5) is 0 Å². The average Bonchev–Trinajstić information content (AvgIpc) is 3.06. The van der Waals surface area contributed by atoms with Crippen molar-refractivity contribution in [2.45, 2.75) is 64.7 Å². The second-order valence-electron chi connectivity index (χ2n) is 11.7. The third-order valence-electron chi connectivity index (χ3n) is 8.85. The minimum absolute atomic E-state index is 0.104. The van der Waals surface area contributed by atoms with Crippen LogP contribution in [-0.2, 0) is 22.3 Å². The van der Waals surface area contributed by atoms with Crippen molar-refractivity contribution in [2.24, 2.45) is 9.98 Å². The summed E-state index contributed by atoms with van der Waals surface area (Å²) in [6.45, 7) is 8.57. The summed E-state index contributed by atoms with van der Waals surface area (Å²) in [5, 5.41) is 1.14. The van der Waals surface area contributed by atoms with Crippen molar-refractivity contribution in [1.82, 2.24) is 19.1 Å². The van der Waals surface area contributed by atoms with Gasteiger partial charge in [-0.15, -0.1) is 0 Å². The summed E-state index contributed by atoms with van der Waals surface area (Å²) in [7, 11) is 0. The Morgan fingerprint density at radius 1 is 0.609 bits per heavy atom. The van der Waals surface area contributed by atoms with E-state index in [9.17, 15) is 9.59 Å². The first-order valence-corrected chi connectivity index (χ1v) is 15.9. The molecule has 234 valence electrons. The fourth-order valence-electron chi connectivity index (χ4n) is 6.66. The zero-order valence-corrected chi connectivity index (χ0v) is 26.4. The van der Waals surface area contributed by atoms with E-state index in [0.717, 1.165) is 11.1 Å². The molecule has 7 rings (SSSR count). The Kier molecular flexibility index (Phi) is 7.72. The Bertz CT molecular complexity index is 2000. The first-order valence-electron chi connectivity index (χ1n) is 15.9. The molecule has 0 spiro atoms. The molecule has 2 aliphatic rings. The first kappa shape index (κ1) is 29.6. The number of aromatic nitrogens is 4. The summed E-state index contributed by atoms with van der Waals surface area (Å²) in [4.78, 5) is 47.5. The van der Waals surface area contributed by atoms with Crippen LogP contribution in [0, 0.1) is 0 Å². The van der Waals surface area contributed by atoms with E-state index < -0.39 is 12.1 Å². The molecule has 5 aromatic rings. The van der Waals surface area contributed by atoms with Crippen molar-refractivity contribution >= 4 is 33.6 Å². The predicted molar refractivity (Wildman–Crippen MR) is 179 cm³/mol. The van der Waals surface area contributed by atoms with E-state index >= 15 is 0 Å². The van der Waals surface area contributed by atoms with E-state index in [0.29, 0.717) is 71.3 Å². The maximum absolute atomic E-state index is 13.8. The SMILES string of the molecule is CCOC1=N[C@H](Cc2ccccc2C[C@H]2N=C(OCC)[C@H](C)n3c2nc2ccccc2c3=O)c2nc3ccccc3c(=O)n2[C@H]1C. The normalized spacial score (nSPS) is 20.5. The van der Waals surface area contributed by atoms with Gasteiger partial charge in [0.25, 0.3) is 11.1 Å². The van der Waals surface area contributed by atoms with Crippen molar-refractivity contribution < 1.29 is 9.47 Å². The molecule has 3 aromatic carbocycles. The standard InChI is InChI=1S/C36H36N6O4/c1-5-45-33-21(3)41-31(37-27-17-11-9-15-25(27)35(41)43)29(39-33)19-23-13-7-8-14-24(23)20-30-32-38-28-18-12-10-16-26(28)36(44)42(32)22(4)34(40-30)46-6-2/h7-18,21-22,29-30H,5-6,19-20H2,1-4H3/t21-,22-,29+,30+/m0/s1. The van der Waals surface area contributed by atoms with Gasteiger partial charge in [0, 0.05) is 12.8 Å². The molecule has 10 nitrogen and oxygen atoms in total. The van der Waals surface area contributed by atoms with Gasteiger partial charge >= 0.3 is 0 Å². The van der Waals surface area contributed by atoms with E-state index in [1.54, 1.807) is 9.13 Å². The zero-order chi connectivity index (χ0) is 31.9. The number of benzene rings is 3. The van der Waals surface area contributed by atoms with Gasteiger partial charge in [-0.1, -0.05) is 48.5 Å². The van der Waals surface area contributed by atoms with Gasteiger partial charge in [-0.25, -0.2) is 20.0 Å². The van der Waals surface area contributed by atoms with Crippen LogP contribution in [0.2, 0.25) is 0 Å². The van der Waals surface area contributed by atoms with Gasteiger partial charge in [0.15, 0.2) is 0 Å². The lowest BCUT2D eigenvalue weighted by Crippen LogP contribution is -2.38. The molecule has 0 bridgehead atoms. The fourth-order valence-corrected chi connectivity index (χ4v) is 6.66. The number of rotatable bonds is 6. The zero-order valence-electron chi connectivity index (χ0n) is 26.4. The Morgan fingerprint density at radius 2 is 1.00 bits per heavy atom. The summed E-state index contributed by atoms with van der Waals surface area (Å²) in [6.07, 6.45) is 0.987. The van der Waals surface area contributed by atoms with Gasteiger partial charge in [-0.05, 0) is 63.1 Å². The Morgan fingerprint density at radius 3 is 1.41 bits per heavy atom. The molecule has 46 heavy (non-hydrogen) atoms. The molecule has 2 aliphatic heterocycles. The van der Waals surface area contributed by atoms with Crippen molar-refractivity contribution in [1.29, 1.82) is 0 Å². The highest BCUT2D eigenvalue weighted by Gasteiger charge is 2.34. The molecule has 0 N–H and O–H groups in total. The molecule has 0 aliphatic carbocycles. The summed E-state index contributed by atoms with van der Waals surface area (Å²) >= 11 is 0. The molecule has 0 amide bonds. The number of hydrogen-bond acceptors (Lipinski definition) is 8. The van der Waals surface area contributed by atoms with Crippen LogP contribution in [0.25, 0.3) is 21.8 Å². The number of hydrogen-bond donors (Lipinski definition) is 0. The Hall–Kier alpha value is -5.12. The molecule has 0 saturated carbocycles. The maximum Gasteiger partial charge on any atom is 0.262 e. The highest BCUT2D eigenvalue weighted by atomic mass is 16.5. The quantitative estimate of drug-likeness (QED) is 0.242. The Labute approximate surface area is 266 Å². The number of nitrogens with zero attached hydrogens (tertiary/aromatic N) is 6. The molecule has 4 heterocycles. The second kappa shape index (κ2) is 12.0. The van der Waals surface area contributed by atoms with Crippen LogP contribution in [0.3, 0.4) is 0 Å². The van der Waals surface area contributed by atoms with Crippen molar-refractivity contribution in [3.05, 3.63) is 116 Å². The molecule has 0 saturated heterocycles. The van der Waals surface area contributed by atoms with Gasteiger partial charge in [-0.3, -0.25) is 18.7 Å². The summed E-state index contributed by atoms with van der Waals surface area (Å²) in [5.74, 6) is 2.27. The fraction of sp³-hybridized carbons (Fsp3) is 0.333. The van der Waals surface area contributed by atoms with Crippen LogP contribution in [-0.4, -0.2) is 44.1 Å². The topological polar surface area (TPSA) is 113 Å². The lowest BCUT2D eigenvalue weighted by molar-refractivity contribution is 0.286. The summed E-state index contributed by atoms with van der Waals surface area (Å²) in [6, 6.07) is 21.3. The monoisotopic (exact) mass is 616 g/mol. The third kappa shape index (κ3) is 4.98. The van der Waals surface area contributed by atoms with E-state index in [-0.39, 0.29) is 23.2 Å². The van der Waals surface area contributed by atoms with Crippen molar-refractivity contribution in [2.75, 3.05) is 13.2 Å². The predicted octanol–water partition coefficient (Wildman–Crippen LogP) is 5.69. The minimum atomic E-state index is -0.443. The van der Waals surface area contributed by atoms with Gasteiger partial charge in [0.2, 0.25) is 11.8 Å². The second-order valence-corrected chi connectivity index (χ2v) is 11.7. The van der Waals surface area contributed by atoms with Crippen LogP contribution >= 0.6 is 0 Å².